The van der Waals surface area contributed by atoms with Crippen molar-refractivity contribution in [2.75, 3.05) is 4.90 Å². The Morgan fingerprint density at radius 2 is 1.95 bits per heavy atom. The molecule has 0 N–H and O–H groups in total. The highest BCUT2D eigenvalue weighted by Gasteiger charge is 2.47. The quantitative estimate of drug-likeness (QED) is 0.329. The molecule has 4 rings (SSSR count). The lowest BCUT2D eigenvalue weighted by Crippen LogP contribution is -2.39. The molecule has 202 valence electrons. The van der Waals surface area contributed by atoms with Gasteiger partial charge in [-0.05, 0) is 75.1 Å². The van der Waals surface area contributed by atoms with E-state index < -0.39 is 18.0 Å². The van der Waals surface area contributed by atoms with E-state index in [1.165, 1.54) is 0 Å². The molecule has 0 radical (unpaired) electrons. The van der Waals surface area contributed by atoms with Gasteiger partial charge < -0.3 is 9.47 Å². The molecular formula is C28H35ClF3N3O2. The number of hydrogen-bond acceptors (Lipinski definition) is 3. The van der Waals surface area contributed by atoms with Crippen molar-refractivity contribution in [2.24, 2.45) is 5.92 Å². The molecule has 9 heteroatoms. The number of halogens is 4. The number of fused-ring (bicyclic) bond motifs is 2. The molecule has 1 aromatic heterocycles. The van der Waals surface area contributed by atoms with Gasteiger partial charge in [0.2, 0.25) is 5.91 Å². The SMILES string of the molecule is CC(C)CC(=O)CCC1(C)C(=O)N(Cc2nc3c(n2CCCC(F)(F)F)CCCC3)c2ccc(Cl)cc21. The number of amides is 1. The Hall–Kier alpha value is -2.35. The zero-order valence-corrected chi connectivity index (χ0v) is 22.5. The van der Waals surface area contributed by atoms with Crippen LogP contribution < -0.4 is 4.90 Å². The van der Waals surface area contributed by atoms with Crippen LogP contribution in [0.15, 0.2) is 18.2 Å². The largest absolute Gasteiger partial charge is 0.389 e. The monoisotopic (exact) mass is 537 g/mol. The normalized spacial score (nSPS) is 19.5. The molecule has 0 saturated heterocycles. The summed E-state index contributed by atoms with van der Waals surface area (Å²) in [5, 5.41) is 0.511. The van der Waals surface area contributed by atoms with Crippen LogP contribution in [0.4, 0.5) is 18.9 Å². The number of alkyl halides is 3. The number of carbonyl (C=O) groups excluding carboxylic acids is 2. The maximum atomic E-state index is 13.9. The van der Waals surface area contributed by atoms with Gasteiger partial charge in [-0.3, -0.25) is 9.59 Å². The van der Waals surface area contributed by atoms with Crippen LogP contribution in [0.3, 0.4) is 0 Å². The minimum atomic E-state index is -4.21. The minimum Gasteiger partial charge on any atom is -0.330 e. The fourth-order valence-electron chi connectivity index (χ4n) is 5.67. The molecular weight excluding hydrogens is 503 g/mol. The van der Waals surface area contributed by atoms with Crippen molar-refractivity contribution < 1.29 is 22.8 Å². The molecule has 1 atom stereocenters. The zero-order valence-electron chi connectivity index (χ0n) is 21.8. The highest BCUT2D eigenvalue weighted by atomic mass is 35.5. The van der Waals surface area contributed by atoms with Crippen LogP contribution in [0.1, 0.15) is 88.5 Å². The average molecular weight is 538 g/mol. The number of carbonyl (C=O) groups is 2. The Kier molecular flexibility index (Phi) is 8.07. The first-order chi connectivity index (χ1) is 17.4. The Balaban J connectivity index is 1.63. The first kappa shape index (κ1) is 27.7. The molecule has 1 unspecified atom stereocenters. The topological polar surface area (TPSA) is 55.2 Å². The van der Waals surface area contributed by atoms with Crippen molar-refractivity contribution in [1.29, 1.82) is 0 Å². The molecule has 1 aliphatic carbocycles. The van der Waals surface area contributed by atoms with Gasteiger partial charge in [0.15, 0.2) is 0 Å². The van der Waals surface area contributed by atoms with Crippen molar-refractivity contribution >= 4 is 29.0 Å². The first-order valence-electron chi connectivity index (χ1n) is 13.2. The summed E-state index contributed by atoms with van der Waals surface area (Å²) >= 11 is 6.32. The van der Waals surface area contributed by atoms with E-state index in [0.29, 0.717) is 30.1 Å². The molecule has 1 aromatic carbocycles. The Morgan fingerprint density at radius 3 is 2.65 bits per heavy atom. The third kappa shape index (κ3) is 6.05. The van der Waals surface area contributed by atoms with Gasteiger partial charge in [0.05, 0.1) is 17.7 Å². The second kappa shape index (κ2) is 10.8. The highest BCUT2D eigenvalue weighted by molar-refractivity contribution is 6.31. The van der Waals surface area contributed by atoms with Crippen molar-refractivity contribution in [3.8, 4) is 0 Å². The number of Topliss-reactive ketones (excluding diaryl/α,β-unsaturated/α-hetero) is 1. The number of hydrogen-bond donors (Lipinski definition) is 0. The van der Waals surface area contributed by atoms with Crippen LogP contribution in [-0.4, -0.2) is 27.4 Å². The molecule has 0 bridgehead atoms. The summed E-state index contributed by atoms with van der Waals surface area (Å²) in [6.45, 7) is 6.23. The summed E-state index contributed by atoms with van der Waals surface area (Å²) in [4.78, 5) is 32.9. The van der Waals surface area contributed by atoms with Crippen LogP contribution in [0.25, 0.3) is 0 Å². The molecule has 1 aliphatic heterocycles. The number of nitrogens with zero attached hydrogens (tertiary/aromatic N) is 3. The van der Waals surface area contributed by atoms with E-state index in [0.717, 1.165) is 48.3 Å². The number of imidazole rings is 1. The average Bonchev–Trinajstić information content (AvgIpc) is 3.25. The van der Waals surface area contributed by atoms with E-state index in [9.17, 15) is 22.8 Å². The van der Waals surface area contributed by atoms with Crippen LogP contribution >= 0.6 is 11.6 Å². The summed E-state index contributed by atoms with van der Waals surface area (Å²) in [7, 11) is 0. The standard InChI is InChI=1S/C28H35ClF3N3O2/c1-18(2)15-20(36)11-13-27(3)21-16-19(29)9-10-23(21)35(26(27)37)17-25-33-22-7-4-5-8-24(22)34(25)14-6-12-28(30,31)32/h9-10,16,18H,4-8,11-15,17H2,1-3H3. The van der Waals surface area contributed by atoms with Gasteiger partial charge in [-0.25, -0.2) is 4.98 Å². The van der Waals surface area contributed by atoms with E-state index in [-0.39, 0.29) is 37.1 Å². The molecule has 2 aromatic rings. The molecule has 0 spiro atoms. The van der Waals surface area contributed by atoms with Crippen molar-refractivity contribution in [2.45, 2.75) is 103 Å². The van der Waals surface area contributed by atoms with Gasteiger partial charge in [0, 0.05) is 42.2 Å². The summed E-state index contributed by atoms with van der Waals surface area (Å²) in [5.41, 5.74) is 2.50. The maximum absolute atomic E-state index is 13.9. The van der Waals surface area contributed by atoms with Gasteiger partial charge in [0.25, 0.3) is 0 Å². The smallest absolute Gasteiger partial charge is 0.330 e. The molecule has 37 heavy (non-hydrogen) atoms. The van der Waals surface area contributed by atoms with E-state index in [1.807, 2.05) is 31.4 Å². The van der Waals surface area contributed by atoms with Crippen molar-refractivity contribution in [1.82, 2.24) is 9.55 Å². The van der Waals surface area contributed by atoms with E-state index in [2.05, 4.69) is 0 Å². The van der Waals surface area contributed by atoms with Gasteiger partial charge >= 0.3 is 6.18 Å². The highest BCUT2D eigenvalue weighted by Crippen LogP contribution is 2.46. The Labute approximate surface area is 221 Å². The lowest BCUT2D eigenvalue weighted by Gasteiger charge is -2.25. The van der Waals surface area contributed by atoms with Crippen LogP contribution in [-0.2, 0) is 40.9 Å². The minimum absolute atomic E-state index is 0.0326. The van der Waals surface area contributed by atoms with Gasteiger partial charge in [0.1, 0.15) is 11.6 Å². The number of anilines is 1. The van der Waals surface area contributed by atoms with Gasteiger partial charge in [-0.1, -0.05) is 25.4 Å². The van der Waals surface area contributed by atoms with Crippen molar-refractivity contribution in [3.05, 3.63) is 46.0 Å². The molecule has 2 heterocycles. The van der Waals surface area contributed by atoms with Crippen molar-refractivity contribution in [3.63, 3.8) is 0 Å². The van der Waals surface area contributed by atoms with Gasteiger partial charge in [-0.15, -0.1) is 0 Å². The second-order valence-electron chi connectivity index (χ2n) is 11.0. The molecule has 0 fully saturated rings. The lowest BCUT2D eigenvalue weighted by molar-refractivity contribution is -0.136. The van der Waals surface area contributed by atoms with Crippen LogP contribution in [0.2, 0.25) is 5.02 Å². The maximum Gasteiger partial charge on any atom is 0.389 e. The predicted molar refractivity (Wildman–Crippen MR) is 138 cm³/mol. The number of aromatic nitrogens is 2. The number of ketones is 1. The van der Waals surface area contributed by atoms with Crippen LogP contribution in [0, 0.1) is 5.92 Å². The van der Waals surface area contributed by atoms with E-state index >= 15 is 0 Å². The third-order valence-electron chi connectivity index (χ3n) is 7.55. The second-order valence-corrected chi connectivity index (χ2v) is 11.5. The van der Waals surface area contributed by atoms with E-state index in [1.54, 1.807) is 17.0 Å². The summed E-state index contributed by atoms with van der Waals surface area (Å²) in [6, 6.07) is 5.34. The number of aryl methyl sites for hydroxylation is 1. The summed E-state index contributed by atoms with van der Waals surface area (Å²) < 4.78 is 40.5. The predicted octanol–water partition coefficient (Wildman–Crippen LogP) is 6.96. The lowest BCUT2D eigenvalue weighted by atomic mass is 9.78. The number of rotatable bonds is 10. The third-order valence-corrected chi connectivity index (χ3v) is 7.79. The zero-order chi connectivity index (χ0) is 27.0. The summed E-state index contributed by atoms with van der Waals surface area (Å²) in [5.74, 6) is 0.854. The Bertz CT molecular complexity index is 1170. The fourth-order valence-corrected chi connectivity index (χ4v) is 5.85. The van der Waals surface area contributed by atoms with E-state index in [4.69, 9.17) is 16.6 Å². The molecule has 0 saturated carbocycles. The molecule has 5 nitrogen and oxygen atoms in total. The fraction of sp³-hybridized carbons (Fsp3) is 0.607. The number of benzene rings is 1. The van der Waals surface area contributed by atoms with Gasteiger partial charge in [-0.2, -0.15) is 13.2 Å². The Morgan fingerprint density at radius 1 is 1.22 bits per heavy atom. The van der Waals surface area contributed by atoms with Crippen LogP contribution in [0.5, 0.6) is 0 Å². The molecule has 2 aliphatic rings. The summed E-state index contributed by atoms with van der Waals surface area (Å²) in [6.07, 6.45) is -0.410. The molecule has 1 amide bonds. The first-order valence-corrected chi connectivity index (χ1v) is 13.5.